The van der Waals surface area contributed by atoms with Crippen LogP contribution in [0.3, 0.4) is 0 Å². The van der Waals surface area contributed by atoms with Crippen molar-refractivity contribution in [3.8, 4) is 0 Å². The van der Waals surface area contributed by atoms with Gasteiger partial charge in [0, 0.05) is 34.9 Å². The third-order valence-corrected chi connectivity index (χ3v) is 6.30. The summed E-state index contributed by atoms with van der Waals surface area (Å²) in [6.07, 6.45) is -4.30. The second kappa shape index (κ2) is 8.35. The van der Waals surface area contributed by atoms with Crippen LogP contribution in [-0.4, -0.2) is 42.5 Å². The molecule has 0 spiro atoms. The lowest BCUT2D eigenvalue weighted by molar-refractivity contribution is -0.125. The van der Waals surface area contributed by atoms with E-state index in [9.17, 15) is 26.3 Å². The van der Waals surface area contributed by atoms with Crippen LogP contribution >= 0.6 is 11.8 Å². The van der Waals surface area contributed by atoms with E-state index in [-0.39, 0.29) is 29.0 Å². The maximum Gasteiger partial charge on any atom is 0.401 e. The predicted molar refractivity (Wildman–Crippen MR) is 98.3 cm³/mol. The van der Waals surface area contributed by atoms with Crippen molar-refractivity contribution in [2.75, 3.05) is 19.8 Å². The van der Waals surface area contributed by atoms with E-state index in [0.29, 0.717) is 12.5 Å². The minimum atomic E-state index is -4.47. The topological polar surface area (TPSA) is 59.6 Å². The van der Waals surface area contributed by atoms with Crippen LogP contribution in [0, 0.1) is 17.6 Å². The number of benzene rings is 1. The van der Waals surface area contributed by atoms with Gasteiger partial charge in [-0.25, -0.2) is 18.2 Å². The Labute approximate surface area is 168 Å². The van der Waals surface area contributed by atoms with Crippen molar-refractivity contribution in [3.63, 3.8) is 0 Å². The van der Waals surface area contributed by atoms with Crippen molar-refractivity contribution in [1.82, 2.24) is 5.32 Å². The zero-order valence-corrected chi connectivity index (χ0v) is 16.3. The van der Waals surface area contributed by atoms with E-state index in [0.717, 1.165) is 17.8 Å². The third kappa shape index (κ3) is 4.66. The zero-order valence-electron chi connectivity index (χ0n) is 15.5. The predicted octanol–water partition coefficient (Wildman–Crippen LogP) is 3.64. The Kier molecular flexibility index (Phi) is 6.40. The number of alkyl halides is 4. The number of fused-ring (bicyclic) bond motifs is 1. The first kappa shape index (κ1) is 22.2. The quantitative estimate of drug-likeness (QED) is 0.686. The van der Waals surface area contributed by atoms with Crippen LogP contribution in [0.25, 0.3) is 0 Å². The molecule has 29 heavy (non-hydrogen) atoms. The Morgan fingerprint density at radius 2 is 2.03 bits per heavy atom. The van der Waals surface area contributed by atoms with Gasteiger partial charge in [0.1, 0.15) is 23.8 Å². The van der Waals surface area contributed by atoms with E-state index in [1.807, 2.05) is 0 Å². The van der Waals surface area contributed by atoms with Gasteiger partial charge in [0.05, 0.1) is 19.3 Å². The maximum atomic E-state index is 14.8. The van der Waals surface area contributed by atoms with Gasteiger partial charge >= 0.3 is 6.18 Å². The third-order valence-electron chi connectivity index (χ3n) is 5.21. The first-order valence-corrected chi connectivity index (χ1v) is 9.89. The Bertz CT molecular complexity index is 790. The van der Waals surface area contributed by atoms with Crippen molar-refractivity contribution in [2.24, 2.45) is 16.6 Å². The van der Waals surface area contributed by atoms with Crippen LogP contribution in [0.2, 0.25) is 0 Å². The fraction of sp³-hybridized carbons (Fsp3) is 0.611. The fourth-order valence-corrected chi connectivity index (χ4v) is 5.00. The lowest BCUT2D eigenvalue weighted by Crippen LogP contribution is -2.53. The van der Waals surface area contributed by atoms with E-state index in [4.69, 9.17) is 10.5 Å². The molecule has 4 nitrogen and oxygen atoms in total. The molecule has 4 atom stereocenters. The lowest BCUT2D eigenvalue weighted by atomic mass is 9.72. The lowest BCUT2D eigenvalue weighted by Gasteiger charge is -2.48. The molecule has 1 aromatic carbocycles. The summed E-state index contributed by atoms with van der Waals surface area (Å²) in [5.74, 6) is -2.38. The smallest absolute Gasteiger partial charge is 0.379 e. The van der Waals surface area contributed by atoms with E-state index >= 15 is 0 Å². The molecular formula is C18H21F6N3OS. The number of nitrogens with zero attached hydrogens (tertiary/aromatic N) is 1. The van der Waals surface area contributed by atoms with Gasteiger partial charge in [-0.2, -0.15) is 13.2 Å². The highest BCUT2D eigenvalue weighted by Gasteiger charge is 2.52. The second-order valence-electron chi connectivity index (χ2n) is 7.29. The summed E-state index contributed by atoms with van der Waals surface area (Å²) < 4.78 is 85.6. The molecule has 2 heterocycles. The summed E-state index contributed by atoms with van der Waals surface area (Å²) in [5, 5.41) is 1.56. The summed E-state index contributed by atoms with van der Waals surface area (Å²) >= 11 is 1.06. The van der Waals surface area contributed by atoms with Gasteiger partial charge in [-0.15, -0.1) is 0 Å². The molecule has 162 valence electrons. The van der Waals surface area contributed by atoms with E-state index in [1.54, 1.807) is 6.92 Å². The van der Waals surface area contributed by atoms with Crippen LogP contribution < -0.4 is 11.1 Å². The van der Waals surface area contributed by atoms with Crippen LogP contribution in [0.5, 0.6) is 0 Å². The summed E-state index contributed by atoms with van der Waals surface area (Å²) in [7, 11) is 0. The Morgan fingerprint density at radius 3 is 2.69 bits per heavy atom. The number of nitrogens with one attached hydrogen (secondary N) is 1. The Balaban J connectivity index is 2.02. The Morgan fingerprint density at radius 1 is 1.31 bits per heavy atom. The normalized spacial score (nSPS) is 30.0. The molecule has 0 amide bonds. The number of ether oxygens (including phenoxy) is 1. The minimum absolute atomic E-state index is 0.0543. The molecule has 1 saturated heterocycles. The van der Waals surface area contributed by atoms with Crippen LogP contribution in [0.1, 0.15) is 24.5 Å². The molecule has 3 rings (SSSR count). The second-order valence-corrected chi connectivity index (χ2v) is 8.55. The van der Waals surface area contributed by atoms with E-state index < -0.39 is 54.3 Å². The molecule has 1 fully saturated rings. The van der Waals surface area contributed by atoms with Crippen molar-refractivity contribution >= 4 is 16.9 Å². The molecule has 3 N–H and O–H groups in total. The molecule has 1 unspecified atom stereocenters. The monoisotopic (exact) mass is 441 g/mol. The van der Waals surface area contributed by atoms with Crippen LogP contribution in [0.15, 0.2) is 17.1 Å². The molecule has 0 aromatic heterocycles. The Hall–Kier alpha value is -1.46. The highest BCUT2D eigenvalue weighted by atomic mass is 32.2. The van der Waals surface area contributed by atoms with Crippen molar-refractivity contribution in [3.05, 3.63) is 34.9 Å². The van der Waals surface area contributed by atoms with Crippen LogP contribution in [0.4, 0.5) is 26.3 Å². The fourth-order valence-electron chi connectivity index (χ4n) is 3.91. The molecule has 0 aliphatic carbocycles. The standard InChI is InChI=1S/C18H21F6N3OS/c1-9-2-12-15(5-19)29-16(25)27-17(12,8-28-9)11-3-10(13(20)4-14(11)21)6-26-7-18(22,23)24/h3-4,9,12,15,26H,2,5-8H2,1H3,(H2,25,27)/t9-,12-,15?,17+/m0/s1. The summed E-state index contributed by atoms with van der Waals surface area (Å²) in [6.45, 7) is -0.785. The number of hydrogen-bond acceptors (Lipinski definition) is 5. The van der Waals surface area contributed by atoms with E-state index in [1.165, 1.54) is 0 Å². The van der Waals surface area contributed by atoms with Crippen molar-refractivity contribution < 1.29 is 31.1 Å². The van der Waals surface area contributed by atoms with E-state index in [2.05, 4.69) is 10.3 Å². The molecule has 1 aromatic rings. The number of hydrogen-bond donors (Lipinski definition) is 2. The SMILES string of the molecule is C[C@H]1C[C@H]2C(CF)SC(N)=N[C@@]2(c2cc(CNCC(F)(F)F)c(F)cc2F)CO1. The van der Waals surface area contributed by atoms with Gasteiger partial charge in [-0.3, -0.25) is 0 Å². The summed E-state index contributed by atoms with van der Waals surface area (Å²) in [6, 6.07) is 1.75. The number of amidine groups is 1. The number of aliphatic imine (C=N–C) groups is 1. The number of thioether (sulfide) groups is 1. The van der Waals surface area contributed by atoms with Gasteiger partial charge < -0.3 is 15.8 Å². The first-order valence-electron chi connectivity index (χ1n) is 9.01. The molecule has 11 heteroatoms. The molecule has 0 radical (unpaired) electrons. The maximum absolute atomic E-state index is 14.8. The van der Waals surface area contributed by atoms with Gasteiger partial charge in [0.2, 0.25) is 0 Å². The van der Waals surface area contributed by atoms with Crippen LogP contribution in [-0.2, 0) is 16.8 Å². The van der Waals surface area contributed by atoms with Gasteiger partial charge in [-0.05, 0) is 19.4 Å². The van der Waals surface area contributed by atoms with Crippen molar-refractivity contribution in [2.45, 2.75) is 43.0 Å². The molecule has 0 saturated carbocycles. The number of halogens is 6. The largest absolute Gasteiger partial charge is 0.401 e. The van der Waals surface area contributed by atoms with Gasteiger partial charge in [0.25, 0.3) is 0 Å². The molecular weight excluding hydrogens is 420 g/mol. The van der Waals surface area contributed by atoms with Crippen molar-refractivity contribution in [1.29, 1.82) is 0 Å². The van der Waals surface area contributed by atoms with Gasteiger partial charge in [-0.1, -0.05) is 11.8 Å². The minimum Gasteiger partial charge on any atom is -0.379 e. The molecule has 2 aliphatic rings. The summed E-state index contributed by atoms with van der Waals surface area (Å²) in [4.78, 5) is 4.39. The molecule has 0 bridgehead atoms. The molecule has 2 aliphatic heterocycles. The average molecular weight is 441 g/mol. The summed E-state index contributed by atoms with van der Waals surface area (Å²) in [5.41, 5.74) is 4.30. The average Bonchev–Trinajstić information content (AvgIpc) is 2.62. The highest BCUT2D eigenvalue weighted by Crippen LogP contribution is 2.50. The zero-order chi connectivity index (χ0) is 21.4. The number of rotatable bonds is 5. The first-order chi connectivity index (χ1) is 13.6. The number of nitrogens with two attached hydrogens (primary N) is 1. The van der Waals surface area contributed by atoms with Gasteiger partial charge in [0.15, 0.2) is 5.17 Å². The highest BCUT2D eigenvalue weighted by molar-refractivity contribution is 8.14.